The van der Waals surface area contributed by atoms with Crippen molar-refractivity contribution in [2.24, 2.45) is 0 Å². The molecule has 0 radical (unpaired) electrons. The highest BCUT2D eigenvalue weighted by atomic mass is 32.2. The normalized spacial score (nSPS) is 26.1. The number of fused-ring (bicyclic) bond motifs is 2. The minimum absolute atomic E-state index is 0.164. The van der Waals surface area contributed by atoms with Crippen LogP contribution in [-0.2, 0) is 9.84 Å². The molecule has 0 N–H and O–H groups in total. The van der Waals surface area contributed by atoms with Crippen molar-refractivity contribution in [3.05, 3.63) is 35.9 Å². The molecule has 4 nitrogen and oxygen atoms in total. The van der Waals surface area contributed by atoms with Crippen LogP contribution in [0, 0.1) is 0 Å². The van der Waals surface area contributed by atoms with Crippen molar-refractivity contribution in [2.75, 3.05) is 13.7 Å². The molecule has 0 saturated carbocycles. The van der Waals surface area contributed by atoms with E-state index in [0.29, 0.717) is 13.0 Å². The number of ether oxygens (including phenoxy) is 2. The molecule has 22 heavy (non-hydrogen) atoms. The maximum Gasteiger partial charge on any atom is 0.159 e. The maximum atomic E-state index is 12.2. The number of sulfone groups is 1. The second kappa shape index (κ2) is 6.32. The fourth-order valence-corrected chi connectivity index (χ4v) is 5.63. The summed E-state index contributed by atoms with van der Waals surface area (Å²) < 4.78 is 35.4. The van der Waals surface area contributed by atoms with Gasteiger partial charge in [0.15, 0.2) is 9.84 Å². The van der Waals surface area contributed by atoms with Crippen LogP contribution in [0.5, 0.6) is 11.5 Å². The van der Waals surface area contributed by atoms with Gasteiger partial charge in [0.2, 0.25) is 0 Å². The minimum Gasteiger partial charge on any atom is -0.497 e. The molecule has 0 aliphatic carbocycles. The van der Waals surface area contributed by atoms with E-state index in [1.54, 1.807) is 7.11 Å². The Bertz CT molecular complexity index is 663. The first kappa shape index (κ1) is 15.4. The highest BCUT2D eigenvalue weighted by Gasteiger charge is 2.39. The molecule has 0 spiro atoms. The molecule has 2 aliphatic heterocycles. The predicted octanol–water partition coefficient (Wildman–Crippen LogP) is 3.13. The predicted molar refractivity (Wildman–Crippen MR) is 86.2 cm³/mol. The van der Waals surface area contributed by atoms with Crippen molar-refractivity contribution in [3.63, 3.8) is 0 Å². The van der Waals surface area contributed by atoms with E-state index in [0.717, 1.165) is 37.2 Å². The Morgan fingerprint density at radius 1 is 1.23 bits per heavy atom. The summed E-state index contributed by atoms with van der Waals surface area (Å²) >= 11 is 0. The van der Waals surface area contributed by atoms with Crippen molar-refractivity contribution in [3.8, 4) is 11.5 Å². The van der Waals surface area contributed by atoms with Gasteiger partial charge >= 0.3 is 0 Å². The molecule has 1 saturated heterocycles. The van der Waals surface area contributed by atoms with Crippen molar-refractivity contribution in [1.82, 2.24) is 0 Å². The van der Waals surface area contributed by atoms with Crippen molar-refractivity contribution in [2.45, 2.75) is 42.6 Å². The summed E-state index contributed by atoms with van der Waals surface area (Å²) in [6.45, 7) is 0.568. The second-order valence-corrected chi connectivity index (χ2v) is 8.44. The van der Waals surface area contributed by atoms with Gasteiger partial charge in [0, 0.05) is 12.5 Å². The van der Waals surface area contributed by atoms with Gasteiger partial charge in [-0.25, -0.2) is 8.42 Å². The van der Waals surface area contributed by atoms with E-state index in [9.17, 15) is 8.42 Å². The quantitative estimate of drug-likeness (QED) is 0.782. The fourth-order valence-electron chi connectivity index (χ4n) is 3.32. The zero-order valence-corrected chi connectivity index (χ0v) is 13.6. The summed E-state index contributed by atoms with van der Waals surface area (Å²) in [7, 11) is -1.29. The number of hydrogen-bond acceptors (Lipinski definition) is 4. The Morgan fingerprint density at radius 2 is 2.05 bits per heavy atom. The molecule has 1 fully saturated rings. The smallest absolute Gasteiger partial charge is 0.159 e. The van der Waals surface area contributed by atoms with Gasteiger partial charge in [-0.15, -0.1) is 0 Å². The van der Waals surface area contributed by atoms with Crippen LogP contribution < -0.4 is 9.47 Å². The average molecular weight is 322 g/mol. The van der Waals surface area contributed by atoms with Crippen molar-refractivity contribution < 1.29 is 17.9 Å². The fraction of sp³-hybridized carbons (Fsp3) is 0.529. The van der Waals surface area contributed by atoms with Gasteiger partial charge in [-0.1, -0.05) is 24.1 Å². The third-order valence-electron chi connectivity index (χ3n) is 4.55. The number of rotatable bonds is 5. The summed E-state index contributed by atoms with van der Waals surface area (Å²) in [6, 6.07) is 7.53. The van der Waals surface area contributed by atoms with Gasteiger partial charge in [0.05, 0.1) is 24.2 Å². The molecule has 2 unspecified atom stereocenters. The van der Waals surface area contributed by atoms with Gasteiger partial charge < -0.3 is 9.47 Å². The summed E-state index contributed by atoms with van der Waals surface area (Å²) in [5.74, 6) is 1.55. The number of hydrogen-bond donors (Lipinski definition) is 0. The molecule has 0 amide bonds. The second-order valence-electron chi connectivity index (χ2n) is 5.99. The Hall–Kier alpha value is -1.49. The Morgan fingerprint density at radius 3 is 2.82 bits per heavy atom. The van der Waals surface area contributed by atoms with Gasteiger partial charge in [0.1, 0.15) is 11.5 Å². The SMILES string of the molecule is COc1cccc(OCCC2=CC3CCCC(C2)S3(=O)=O)c1. The minimum atomic E-state index is -2.92. The highest BCUT2D eigenvalue weighted by Crippen LogP contribution is 2.36. The molecule has 120 valence electrons. The lowest BCUT2D eigenvalue weighted by Gasteiger charge is -2.33. The van der Waals surface area contributed by atoms with Crippen LogP contribution in [0.15, 0.2) is 35.9 Å². The van der Waals surface area contributed by atoms with Gasteiger partial charge in [-0.2, -0.15) is 0 Å². The summed E-state index contributed by atoms with van der Waals surface area (Å²) in [6.07, 6.45) is 6.06. The molecular weight excluding hydrogens is 300 g/mol. The average Bonchev–Trinajstić information content (AvgIpc) is 2.48. The van der Waals surface area contributed by atoms with Crippen LogP contribution in [-0.4, -0.2) is 32.6 Å². The van der Waals surface area contributed by atoms with Crippen molar-refractivity contribution in [1.29, 1.82) is 0 Å². The monoisotopic (exact) mass is 322 g/mol. The molecule has 2 bridgehead atoms. The van der Waals surface area contributed by atoms with E-state index in [1.165, 1.54) is 5.57 Å². The first-order valence-electron chi connectivity index (χ1n) is 7.79. The van der Waals surface area contributed by atoms with E-state index in [2.05, 4.69) is 0 Å². The van der Waals surface area contributed by atoms with E-state index < -0.39 is 9.84 Å². The maximum absolute atomic E-state index is 12.2. The van der Waals surface area contributed by atoms with Crippen LogP contribution >= 0.6 is 0 Å². The highest BCUT2D eigenvalue weighted by molar-refractivity contribution is 7.92. The lowest BCUT2D eigenvalue weighted by atomic mass is 9.96. The molecule has 1 aromatic carbocycles. The summed E-state index contributed by atoms with van der Waals surface area (Å²) in [5.41, 5.74) is 1.23. The molecule has 2 atom stereocenters. The summed E-state index contributed by atoms with van der Waals surface area (Å²) in [4.78, 5) is 0. The van der Waals surface area contributed by atoms with Crippen LogP contribution in [0.25, 0.3) is 0 Å². The first-order valence-corrected chi connectivity index (χ1v) is 9.39. The Balaban J connectivity index is 1.59. The van der Waals surface area contributed by atoms with Crippen LogP contribution in [0.1, 0.15) is 32.1 Å². The van der Waals surface area contributed by atoms with E-state index in [1.807, 2.05) is 30.3 Å². The third kappa shape index (κ3) is 3.14. The third-order valence-corrected chi connectivity index (χ3v) is 7.09. The molecule has 3 rings (SSSR count). The largest absolute Gasteiger partial charge is 0.497 e. The first-order chi connectivity index (χ1) is 10.6. The molecule has 2 aliphatic rings. The van der Waals surface area contributed by atoms with Crippen LogP contribution in [0.4, 0.5) is 0 Å². The molecule has 0 aromatic heterocycles. The van der Waals surface area contributed by atoms with Gasteiger partial charge in [-0.05, 0) is 31.4 Å². The molecule has 1 aromatic rings. The van der Waals surface area contributed by atoms with Crippen LogP contribution in [0.3, 0.4) is 0 Å². The van der Waals surface area contributed by atoms with E-state index in [4.69, 9.17) is 9.47 Å². The van der Waals surface area contributed by atoms with Gasteiger partial charge in [0.25, 0.3) is 0 Å². The Labute approximate surface area is 132 Å². The van der Waals surface area contributed by atoms with Gasteiger partial charge in [-0.3, -0.25) is 0 Å². The molecule has 2 heterocycles. The lowest BCUT2D eigenvalue weighted by molar-refractivity contribution is 0.316. The molecule has 5 heteroatoms. The Kier molecular flexibility index (Phi) is 4.43. The zero-order chi connectivity index (χ0) is 15.6. The topological polar surface area (TPSA) is 52.6 Å². The molecular formula is C17H22O4S. The standard InChI is InChI=1S/C17H22O4S/c1-20-14-4-2-5-15(12-14)21-9-8-13-10-16-6-3-7-17(11-13)22(16,18)19/h2,4-5,10,12,16-17H,3,6-9,11H2,1H3. The van der Waals surface area contributed by atoms with E-state index in [-0.39, 0.29) is 10.5 Å². The number of benzene rings is 1. The zero-order valence-electron chi connectivity index (χ0n) is 12.8. The summed E-state index contributed by atoms with van der Waals surface area (Å²) in [5, 5.41) is -0.421. The van der Waals surface area contributed by atoms with E-state index >= 15 is 0 Å². The number of methoxy groups -OCH3 is 1. The van der Waals surface area contributed by atoms with Crippen molar-refractivity contribution >= 4 is 9.84 Å². The van der Waals surface area contributed by atoms with Crippen LogP contribution in [0.2, 0.25) is 0 Å². The lowest BCUT2D eigenvalue weighted by Crippen LogP contribution is -2.39.